The molecule has 0 aliphatic heterocycles. The van der Waals surface area contributed by atoms with E-state index in [2.05, 4.69) is 11.8 Å². The van der Waals surface area contributed by atoms with Gasteiger partial charge in [-0.15, -0.1) is 11.3 Å². The Labute approximate surface area is 105 Å². The molecule has 1 unspecified atom stereocenters. The van der Waals surface area contributed by atoms with E-state index >= 15 is 0 Å². The molecule has 0 radical (unpaired) electrons. The number of aliphatic hydroxyl groups is 2. The van der Waals surface area contributed by atoms with E-state index in [1.165, 1.54) is 16.2 Å². The van der Waals surface area contributed by atoms with Gasteiger partial charge in [-0.1, -0.05) is 11.8 Å². The molecule has 2 N–H and O–H groups in total. The first-order chi connectivity index (χ1) is 8.06. The van der Waals surface area contributed by atoms with Gasteiger partial charge in [0.1, 0.15) is 11.5 Å². The lowest BCUT2D eigenvalue weighted by atomic mass is 10.2. The molecule has 0 saturated carbocycles. The molecule has 92 valence electrons. The quantitative estimate of drug-likeness (QED) is 0.773. The van der Waals surface area contributed by atoms with Crippen LogP contribution < -0.4 is 0 Å². The molecular weight excluding hydrogens is 238 g/mol. The fraction of sp³-hybridized carbons (Fsp3) is 0.417. The summed E-state index contributed by atoms with van der Waals surface area (Å²) >= 11 is 1.31. The van der Waals surface area contributed by atoms with Gasteiger partial charge in [-0.3, -0.25) is 4.79 Å². The van der Waals surface area contributed by atoms with E-state index in [-0.39, 0.29) is 19.1 Å². The Kier molecular flexibility index (Phi) is 5.16. The third-order valence-electron chi connectivity index (χ3n) is 2.05. The summed E-state index contributed by atoms with van der Waals surface area (Å²) in [6.07, 6.45) is -0.559. The highest BCUT2D eigenvalue weighted by Crippen LogP contribution is 2.17. The molecule has 0 spiro atoms. The third-order valence-corrected chi connectivity index (χ3v) is 2.95. The van der Waals surface area contributed by atoms with E-state index in [9.17, 15) is 9.90 Å². The lowest BCUT2D eigenvalue weighted by molar-refractivity contribution is 0.0708. The van der Waals surface area contributed by atoms with E-state index in [0.29, 0.717) is 10.4 Å². The molecule has 0 aliphatic carbocycles. The van der Waals surface area contributed by atoms with Gasteiger partial charge < -0.3 is 15.1 Å². The van der Waals surface area contributed by atoms with E-state index in [1.807, 2.05) is 0 Å². The fourth-order valence-corrected chi connectivity index (χ4v) is 2.20. The van der Waals surface area contributed by atoms with Crippen LogP contribution in [0.25, 0.3) is 0 Å². The molecule has 5 heteroatoms. The lowest BCUT2D eigenvalue weighted by Gasteiger charge is -2.18. The van der Waals surface area contributed by atoms with Crippen LogP contribution in [0, 0.1) is 11.8 Å². The maximum atomic E-state index is 12.0. The number of carbonyl (C=O) groups is 1. The number of thiophene rings is 1. The van der Waals surface area contributed by atoms with Crippen molar-refractivity contribution >= 4 is 17.2 Å². The van der Waals surface area contributed by atoms with Crippen LogP contribution in [0.15, 0.2) is 11.4 Å². The number of aliphatic hydroxyl groups excluding tert-OH is 2. The second-order valence-electron chi connectivity index (χ2n) is 3.66. The molecule has 0 bridgehead atoms. The zero-order chi connectivity index (χ0) is 12.8. The van der Waals surface area contributed by atoms with Crippen molar-refractivity contribution in [2.75, 3.05) is 20.2 Å². The Bertz CT molecular complexity index is 442. The van der Waals surface area contributed by atoms with Crippen molar-refractivity contribution in [2.24, 2.45) is 0 Å². The topological polar surface area (TPSA) is 60.8 Å². The minimum Gasteiger partial charge on any atom is -0.392 e. The minimum absolute atomic E-state index is 0.164. The van der Waals surface area contributed by atoms with E-state index in [1.54, 1.807) is 25.4 Å². The zero-order valence-corrected chi connectivity index (χ0v) is 10.6. The van der Waals surface area contributed by atoms with Crippen molar-refractivity contribution in [3.63, 3.8) is 0 Å². The lowest BCUT2D eigenvalue weighted by Crippen LogP contribution is -2.32. The van der Waals surface area contributed by atoms with Gasteiger partial charge in [0.15, 0.2) is 0 Å². The summed E-state index contributed by atoms with van der Waals surface area (Å²) in [5.41, 5.74) is 0.617. The van der Waals surface area contributed by atoms with Crippen LogP contribution in [-0.2, 0) is 0 Å². The number of nitrogens with zero attached hydrogens (tertiary/aromatic N) is 1. The normalized spacial score (nSPS) is 11.5. The first kappa shape index (κ1) is 13.7. The Morgan fingerprint density at radius 2 is 2.35 bits per heavy atom. The molecule has 0 saturated heterocycles. The Morgan fingerprint density at radius 3 is 2.94 bits per heavy atom. The standard InChI is InChI=1S/C12H15NO3S/c1-9(15)8-13(2)12(16)11-10(4-3-6-14)5-7-17-11/h5,7,9,14-15H,6,8H2,1-2H3. The summed E-state index contributed by atoms with van der Waals surface area (Å²) in [6.45, 7) is 1.68. The van der Waals surface area contributed by atoms with Crippen molar-refractivity contribution in [1.82, 2.24) is 4.90 Å². The van der Waals surface area contributed by atoms with Gasteiger partial charge in [0.05, 0.1) is 6.10 Å². The molecular formula is C12H15NO3S. The molecule has 1 aromatic rings. The van der Waals surface area contributed by atoms with Gasteiger partial charge in [0.2, 0.25) is 0 Å². The Hall–Kier alpha value is -1.35. The van der Waals surface area contributed by atoms with Crippen LogP contribution in [0.1, 0.15) is 22.2 Å². The largest absolute Gasteiger partial charge is 0.392 e. The van der Waals surface area contributed by atoms with Crippen LogP contribution in [0.3, 0.4) is 0 Å². The fourth-order valence-electron chi connectivity index (χ4n) is 1.36. The van der Waals surface area contributed by atoms with Crippen LogP contribution in [-0.4, -0.2) is 47.3 Å². The third kappa shape index (κ3) is 3.86. The van der Waals surface area contributed by atoms with Crippen LogP contribution in [0.2, 0.25) is 0 Å². The minimum atomic E-state index is -0.559. The molecule has 0 aromatic carbocycles. The van der Waals surface area contributed by atoms with Crippen LogP contribution in [0.4, 0.5) is 0 Å². The first-order valence-corrected chi connectivity index (χ1v) is 6.05. The Balaban J connectivity index is 2.85. The average molecular weight is 253 g/mol. The second kappa shape index (κ2) is 6.40. The highest BCUT2D eigenvalue weighted by atomic mass is 32.1. The SMILES string of the molecule is CC(O)CN(C)C(=O)c1sccc1C#CCO. The summed E-state index contributed by atoms with van der Waals surface area (Å²) < 4.78 is 0. The first-order valence-electron chi connectivity index (χ1n) is 5.17. The monoisotopic (exact) mass is 253 g/mol. The van der Waals surface area contributed by atoms with Gasteiger partial charge in [-0.2, -0.15) is 0 Å². The molecule has 1 atom stereocenters. The number of likely N-dealkylation sites (N-methyl/N-ethyl adjacent to an activating group) is 1. The summed E-state index contributed by atoms with van der Waals surface area (Å²) in [6, 6.07) is 1.75. The average Bonchev–Trinajstić information content (AvgIpc) is 2.72. The van der Waals surface area contributed by atoms with Gasteiger partial charge in [-0.05, 0) is 18.4 Å². The number of carbonyl (C=O) groups excluding carboxylic acids is 1. The maximum absolute atomic E-state index is 12.0. The zero-order valence-electron chi connectivity index (χ0n) is 9.80. The predicted molar refractivity (Wildman–Crippen MR) is 66.9 cm³/mol. The van der Waals surface area contributed by atoms with Crippen molar-refractivity contribution in [1.29, 1.82) is 0 Å². The molecule has 0 fully saturated rings. The second-order valence-corrected chi connectivity index (χ2v) is 4.57. The Morgan fingerprint density at radius 1 is 1.65 bits per heavy atom. The van der Waals surface area contributed by atoms with Gasteiger partial charge in [0.25, 0.3) is 5.91 Å². The summed E-state index contributed by atoms with van der Waals surface area (Å²) in [4.78, 5) is 14.0. The molecule has 1 aromatic heterocycles. The summed E-state index contributed by atoms with van der Waals surface area (Å²) in [5.74, 6) is 5.09. The molecule has 1 amide bonds. The highest BCUT2D eigenvalue weighted by molar-refractivity contribution is 7.12. The highest BCUT2D eigenvalue weighted by Gasteiger charge is 2.17. The van der Waals surface area contributed by atoms with E-state index in [0.717, 1.165) is 0 Å². The van der Waals surface area contributed by atoms with Crippen molar-refractivity contribution < 1.29 is 15.0 Å². The molecule has 4 nitrogen and oxygen atoms in total. The van der Waals surface area contributed by atoms with E-state index in [4.69, 9.17) is 5.11 Å². The molecule has 0 aliphatic rings. The van der Waals surface area contributed by atoms with Crippen LogP contribution >= 0.6 is 11.3 Å². The number of amides is 1. The summed E-state index contributed by atoms with van der Waals surface area (Å²) in [7, 11) is 1.64. The maximum Gasteiger partial charge on any atom is 0.265 e. The molecule has 1 heterocycles. The number of hydrogen-bond donors (Lipinski definition) is 2. The molecule has 1 rings (SSSR count). The molecule has 17 heavy (non-hydrogen) atoms. The van der Waals surface area contributed by atoms with Gasteiger partial charge in [0, 0.05) is 19.2 Å². The van der Waals surface area contributed by atoms with Crippen molar-refractivity contribution in [3.8, 4) is 11.8 Å². The van der Waals surface area contributed by atoms with Crippen LogP contribution in [0.5, 0.6) is 0 Å². The van der Waals surface area contributed by atoms with Crippen molar-refractivity contribution in [3.05, 3.63) is 21.9 Å². The number of hydrogen-bond acceptors (Lipinski definition) is 4. The van der Waals surface area contributed by atoms with Gasteiger partial charge in [-0.25, -0.2) is 0 Å². The smallest absolute Gasteiger partial charge is 0.265 e. The number of rotatable bonds is 3. The summed E-state index contributed by atoms with van der Waals surface area (Å²) in [5, 5.41) is 19.6. The predicted octanol–water partition coefficient (Wildman–Crippen LogP) is 0.545. The van der Waals surface area contributed by atoms with E-state index < -0.39 is 6.10 Å². The van der Waals surface area contributed by atoms with Crippen molar-refractivity contribution in [2.45, 2.75) is 13.0 Å². The van der Waals surface area contributed by atoms with Gasteiger partial charge >= 0.3 is 0 Å².